The van der Waals surface area contributed by atoms with E-state index >= 15 is 0 Å². The van der Waals surface area contributed by atoms with E-state index in [1.165, 1.54) is 4.57 Å². The number of anilines is 1. The van der Waals surface area contributed by atoms with Gasteiger partial charge in [-0.15, -0.1) is 0 Å². The minimum Gasteiger partial charge on any atom is -0.440 e. The number of pyridine rings is 1. The number of carbonyl (C=O) groups excluding carboxylic acids is 1. The van der Waals surface area contributed by atoms with Gasteiger partial charge in [-0.05, 0) is 25.5 Å². The SMILES string of the molecule is Cc1cccc(CN2C(=O)[C@]3(C(C#N)=C(N)Oc4cc(C)n(C)c(=O)c43)c3ccccc32)c1. The maximum atomic E-state index is 14.3. The van der Waals surface area contributed by atoms with Crippen molar-refractivity contribution >= 4 is 11.6 Å². The average Bonchev–Trinajstić information content (AvgIpc) is 3.01. The first-order valence-electron chi connectivity index (χ1n) is 10.6. The second-order valence-electron chi connectivity index (χ2n) is 8.49. The Morgan fingerprint density at radius 3 is 2.58 bits per heavy atom. The maximum absolute atomic E-state index is 14.3. The number of ether oxygens (including phenoxy) is 1. The third kappa shape index (κ3) is 2.67. The minimum absolute atomic E-state index is 0.0693. The first kappa shape index (κ1) is 20.6. The molecule has 2 aliphatic heterocycles. The monoisotopic (exact) mass is 438 g/mol. The number of hydrogen-bond donors (Lipinski definition) is 1. The highest BCUT2D eigenvalue weighted by Gasteiger charge is 2.60. The zero-order valence-electron chi connectivity index (χ0n) is 18.5. The number of aromatic nitrogens is 1. The zero-order chi connectivity index (χ0) is 23.5. The van der Waals surface area contributed by atoms with E-state index in [9.17, 15) is 14.9 Å². The molecule has 2 aliphatic rings. The minimum atomic E-state index is -1.67. The highest BCUT2D eigenvalue weighted by molar-refractivity contribution is 6.14. The molecule has 164 valence electrons. The van der Waals surface area contributed by atoms with E-state index in [4.69, 9.17) is 10.5 Å². The first-order valence-corrected chi connectivity index (χ1v) is 10.6. The average molecular weight is 438 g/mol. The summed E-state index contributed by atoms with van der Waals surface area (Å²) in [4.78, 5) is 29.5. The fourth-order valence-corrected chi connectivity index (χ4v) is 4.92. The van der Waals surface area contributed by atoms with E-state index in [0.717, 1.165) is 11.1 Å². The first-order chi connectivity index (χ1) is 15.8. The summed E-state index contributed by atoms with van der Waals surface area (Å²) >= 11 is 0. The van der Waals surface area contributed by atoms with Crippen LogP contribution in [0.2, 0.25) is 0 Å². The van der Waals surface area contributed by atoms with Crippen LogP contribution >= 0.6 is 0 Å². The molecule has 2 N–H and O–H groups in total. The molecule has 0 fully saturated rings. The number of rotatable bonds is 2. The van der Waals surface area contributed by atoms with Gasteiger partial charge in [0.1, 0.15) is 17.4 Å². The number of benzene rings is 2. The second-order valence-corrected chi connectivity index (χ2v) is 8.49. The number of nitrogens with two attached hydrogens (primary N) is 1. The molecular weight excluding hydrogens is 416 g/mol. The van der Waals surface area contributed by atoms with Crippen LogP contribution in [0, 0.1) is 25.2 Å². The van der Waals surface area contributed by atoms with Crippen LogP contribution in [0.25, 0.3) is 0 Å². The fourth-order valence-electron chi connectivity index (χ4n) is 4.92. The predicted octanol–water partition coefficient (Wildman–Crippen LogP) is 2.92. The van der Waals surface area contributed by atoms with E-state index in [2.05, 4.69) is 6.07 Å². The molecule has 1 spiro atoms. The zero-order valence-corrected chi connectivity index (χ0v) is 18.5. The van der Waals surface area contributed by atoms with Gasteiger partial charge in [0.05, 0.1) is 12.1 Å². The van der Waals surface area contributed by atoms with Crippen LogP contribution in [0.4, 0.5) is 5.69 Å². The van der Waals surface area contributed by atoms with Gasteiger partial charge >= 0.3 is 0 Å². The molecule has 0 bridgehead atoms. The van der Waals surface area contributed by atoms with Crippen molar-refractivity contribution in [3.8, 4) is 11.8 Å². The summed E-state index contributed by atoms with van der Waals surface area (Å²) in [5, 5.41) is 10.1. The van der Waals surface area contributed by atoms with Crippen molar-refractivity contribution in [2.75, 3.05) is 4.90 Å². The van der Waals surface area contributed by atoms with Crippen LogP contribution in [0.15, 0.2) is 70.8 Å². The van der Waals surface area contributed by atoms with Crippen molar-refractivity contribution in [2.45, 2.75) is 25.8 Å². The van der Waals surface area contributed by atoms with Crippen LogP contribution in [0.3, 0.4) is 0 Å². The topological polar surface area (TPSA) is 101 Å². The van der Waals surface area contributed by atoms with Crippen molar-refractivity contribution in [2.24, 2.45) is 12.8 Å². The highest BCUT2D eigenvalue weighted by atomic mass is 16.5. The Hall–Kier alpha value is -4.31. The maximum Gasteiger partial charge on any atom is 0.259 e. The van der Waals surface area contributed by atoms with E-state index in [0.29, 0.717) is 23.5 Å². The van der Waals surface area contributed by atoms with Crippen molar-refractivity contribution in [1.82, 2.24) is 4.57 Å². The Morgan fingerprint density at radius 1 is 1.09 bits per heavy atom. The highest BCUT2D eigenvalue weighted by Crippen LogP contribution is 2.54. The third-order valence-corrected chi connectivity index (χ3v) is 6.55. The molecular formula is C26H22N4O3. The molecule has 0 unspecified atom stereocenters. The standard InChI is InChI=1S/C26H22N4O3/c1-15-7-6-8-17(11-15)14-30-20-10-5-4-9-18(20)26(25(30)32)19(13-27)23(28)33-21-12-16(2)29(3)24(31)22(21)26/h4-12H,14,28H2,1-3H3/t26-/m0/s1. The van der Waals surface area contributed by atoms with Gasteiger partial charge in [-0.3, -0.25) is 9.59 Å². The Kier molecular flexibility index (Phi) is 4.43. The van der Waals surface area contributed by atoms with Crippen LogP contribution in [-0.2, 0) is 23.8 Å². The number of nitriles is 1. The summed E-state index contributed by atoms with van der Waals surface area (Å²) in [6.45, 7) is 4.05. The summed E-state index contributed by atoms with van der Waals surface area (Å²) in [5.74, 6) is -0.360. The Balaban J connectivity index is 1.84. The Bertz CT molecular complexity index is 1480. The summed E-state index contributed by atoms with van der Waals surface area (Å²) in [6, 6.07) is 18.9. The van der Waals surface area contributed by atoms with Gasteiger partial charge in [-0.1, -0.05) is 48.0 Å². The second kappa shape index (κ2) is 7.10. The number of fused-ring (bicyclic) bond motifs is 4. The summed E-state index contributed by atoms with van der Waals surface area (Å²) in [7, 11) is 1.63. The summed E-state index contributed by atoms with van der Waals surface area (Å²) in [6.07, 6.45) is 0. The molecule has 5 rings (SSSR count). The molecule has 33 heavy (non-hydrogen) atoms. The molecule has 1 aromatic heterocycles. The van der Waals surface area contributed by atoms with Crippen molar-refractivity contribution in [3.63, 3.8) is 0 Å². The van der Waals surface area contributed by atoms with Gasteiger partial charge in [0.2, 0.25) is 11.8 Å². The largest absolute Gasteiger partial charge is 0.440 e. The summed E-state index contributed by atoms with van der Waals surface area (Å²) < 4.78 is 7.18. The van der Waals surface area contributed by atoms with Gasteiger partial charge in [0, 0.05) is 30.1 Å². The Morgan fingerprint density at radius 2 is 1.85 bits per heavy atom. The molecule has 0 saturated heterocycles. The molecule has 1 atom stereocenters. The van der Waals surface area contributed by atoms with Gasteiger partial charge in [-0.25, -0.2) is 0 Å². The van der Waals surface area contributed by atoms with Gasteiger partial charge in [0.25, 0.3) is 5.56 Å². The van der Waals surface area contributed by atoms with Crippen LogP contribution in [0.5, 0.6) is 5.75 Å². The van der Waals surface area contributed by atoms with Crippen molar-refractivity contribution < 1.29 is 9.53 Å². The molecule has 0 saturated carbocycles. The number of nitrogens with zero attached hydrogens (tertiary/aromatic N) is 3. The third-order valence-electron chi connectivity index (χ3n) is 6.55. The van der Waals surface area contributed by atoms with E-state index < -0.39 is 16.9 Å². The van der Waals surface area contributed by atoms with Gasteiger partial charge in [0.15, 0.2) is 5.41 Å². The predicted molar refractivity (Wildman–Crippen MR) is 123 cm³/mol. The van der Waals surface area contributed by atoms with Gasteiger partial charge < -0.3 is 19.9 Å². The van der Waals surface area contributed by atoms with E-state index in [-0.39, 0.29) is 22.8 Å². The van der Waals surface area contributed by atoms with Crippen molar-refractivity contribution in [1.29, 1.82) is 5.26 Å². The lowest BCUT2D eigenvalue weighted by atomic mass is 9.69. The molecule has 2 aromatic carbocycles. The number of para-hydroxylation sites is 1. The fraction of sp³-hybridized carbons (Fsp3) is 0.192. The number of aryl methyl sites for hydroxylation is 2. The molecule has 0 radical (unpaired) electrons. The normalized spacial score (nSPS) is 18.7. The van der Waals surface area contributed by atoms with E-state index in [1.807, 2.05) is 43.3 Å². The van der Waals surface area contributed by atoms with Crippen LogP contribution < -0.4 is 20.9 Å². The number of hydrogen-bond acceptors (Lipinski definition) is 5. The number of carbonyl (C=O) groups is 1. The quantitative estimate of drug-likeness (QED) is 0.663. The Labute approximate surface area is 190 Å². The lowest BCUT2D eigenvalue weighted by Gasteiger charge is -2.34. The molecule has 0 aliphatic carbocycles. The smallest absolute Gasteiger partial charge is 0.259 e. The molecule has 1 amide bonds. The van der Waals surface area contributed by atoms with Crippen LogP contribution in [0.1, 0.15) is 27.9 Å². The molecule has 7 nitrogen and oxygen atoms in total. The van der Waals surface area contributed by atoms with E-state index in [1.54, 1.807) is 37.1 Å². The molecule has 3 heterocycles. The lowest BCUT2D eigenvalue weighted by Crippen LogP contribution is -2.49. The molecule has 3 aromatic rings. The summed E-state index contributed by atoms with van der Waals surface area (Å²) in [5.41, 5.74) is 8.02. The van der Waals surface area contributed by atoms with Gasteiger partial charge in [-0.2, -0.15) is 5.26 Å². The van der Waals surface area contributed by atoms with Crippen LogP contribution in [-0.4, -0.2) is 10.5 Å². The lowest BCUT2D eigenvalue weighted by molar-refractivity contribution is -0.121. The molecule has 7 heteroatoms. The number of amides is 1. The van der Waals surface area contributed by atoms with Crippen molar-refractivity contribution in [3.05, 3.63) is 104 Å².